The first-order chi connectivity index (χ1) is 16.1. The zero-order valence-corrected chi connectivity index (χ0v) is 25.2. The largest absolute Gasteiger partial charge is 0.462 e. The highest BCUT2D eigenvalue weighted by molar-refractivity contribution is 6.74. The Labute approximate surface area is 214 Å². The van der Waals surface area contributed by atoms with Gasteiger partial charge < -0.3 is 9.16 Å². The van der Waals surface area contributed by atoms with E-state index in [1.54, 1.807) is 0 Å². The van der Waals surface area contributed by atoms with Gasteiger partial charge in [-0.25, -0.2) is 0 Å². The van der Waals surface area contributed by atoms with Crippen molar-refractivity contribution in [2.75, 3.05) is 0 Å². The fourth-order valence-corrected chi connectivity index (χ4v) is 6.28. The van der Waals surface area contributed by atoms with E-state index in [1.807, 2.05) is 0 Å². The number of unbranched alkanes of at least 4 members (excludes halogenated alkanes) is 14. The van der Waals surface area contributed by atoms with Gasteiger partial charge in [-0.1, -0.05) is 125 Å². The van der Waals surface area contributed by atoms with Gasteiger partial charge >= 0.3 is 5.97 Å². The minimum atomic E-state index is -1.89. The number of rotatable bonds is 19. The molecule has 1 rings (SSSR count). The maximum atomic E-state index is 12.7. The van der Waals surface area contributed by atoms with Crippen LogP contribution in [0, 0.1) is 5.92 Å². The van der Waals surface area contributed by atoms with E-state index in [-0.39, 0.29) is 29.1 Å². The molecule has 0 N–H and O–H groups in total. The molecule has 202 valence electrons. The van der Waals surface area contributed by atoms with Crippen molar-refractivity contribution in [3.8, 4) is 0 Å². The van der Waals surface area contributed by atoms with Gasteiger partial charge in [-0.3, -0.25) is 4.79 Å². The first-order valence-electron chi connectivity index (χ1n) is 15.0. The summed E-state index contributed by atoms with van der Waals surface area (Å²) < 4.78 is 12.5. The maximum Gasteiger partial charge on any atom is 0.311 e. The van der Waals surface area contributed by atoms with Crippen LogP contribution in [0.4, 0.5) is 0 Å². The highest BCUT2D eigenvalue weighted by Gasteiger charge is 2.45. The molecule has 1 aliphatic heterocycles. The van der Waals surface area contributed by atoms with Crippen LogP contribution in [0.1, 0.15) is 150 Å². The molecule has 0 aromatic rings. The Morgan fingerprint density at radius 1 is 0.794 bits per heavy atom. The molecule has 0 radical (unpaired) electrons. The summed E-state index contributed by atoms with van der Waals surface area (Å²) in [6.45, 7) is 15.8. The van der Waals surface area contributed by atoms with E-state index in [9.17, 15) is 4.79 Å². The van der Waals surface area contributed by atoms with Crippen molar-refractivity contribution >= 4 is 14.3 Å². The van der Waals surface area contributed by atoms with Crippen LogP contribution in [-0.4, -0.2) is 26.5 Å². The van der Waals surface area contributed by atoms with Crippen molar-refractivity contribution in [1.29, 1.82) is 0 Å². The van der Waals surface area contributed by atoms with E-state index >= 15 is 0 Å². The van der Waals surface area contributed by atoms with Crippen LogP contribution in [0.3, 0.4) is 0 Å². The average molecular weight is 497 g/mol. The van der Waals surface area contributed by atoms with Gasteiger partial charge in [0.2, 0.25) is 0 Å². The van der Waals surface area contributed by atoms with E-state index in [1.165, 1.54) is 96.3 Å². The lowest BCUT2D eigenvalue weighted by molar-refractivity contribution is -0.169. The summed E-state index contributed by atoms with van der Waals surface area (Å²) in [6, 6.07) is 0. The zero-order valence-electron chi connectivity index (χ0n) is 24.2. The molecule has 34 heavy (non-hydrogen) atoms. The second kappa shape index (κ2) is 17.2. The number of hydrogen-bond donors (Lipinski definition) is 0. The molecule has 3 atom stereocenters. The lowest BCUT2D eigenvalue weighted by Gasteiger charge is -2.43. The SMILES string of the molecule is CCCCCCCCCCCCCCCCCC1CC(O[Si](C)(C)C(C)(C)C)C(CC)C(=O)O1. The van der Waals surface area contributed by atoms with Gasteiger partial charge in [-0.2, -0.15) is 0 Å². The summed E-state index contributed by atoms with van der Waals surface area (Å²) in [4.78, 5) is 12.7. The molecule has 3 unspecified atom stereocenters. The normalized spacial score (nSPS) is 21.6. The van der Waals surface area contributed by atoms with Gasteiger partial charge in [0.25, 0.3) is 0 Å². The molecule has 0 aromatic heterocycles. The van der Waals surface area contributed by atoms with E-state index in [0.717, 1.165) is 19.3 Å². The Bertz CT molecular complexity index is 526. The first kappa shape index (κ1) is 31.7. The molecule has 4 heteroatoms. The lowest BCUT2D eigenvalue weighted by Crippen LogP contribution is -2.50. The second-order valence-corrected chi connectivity index (χ2v) is 17.2. The van der Waals surface area contributed by atoms with Crippen LogP contribution in [0.25, 0.3) is 0 Å². The van der Waals surface area contributed by atoms with Crippen LogP contribution in [0.2, 0.25) is 18.1 Å². The number of carbonyl (C=O) groups is 1. The summed E-state index contributed by atoms with van der Waals surface area (Å²) >= 11 is 0. The van der Waals surface area contributed by atoms with E-state index in [2.05, 4.69) is 47.7 Å². The van der Waals surface area contributed by atoms with Crippen LogP contribution in [0.5, 0.6) is 0 Å². The summed E-state index contributed by atoms with van der Waals surface area (Å²) in [7, 11) is -1.89. The van der Waals surface area contributed by atoms with E-state index in [0.29, 0.717) is 0 Å². The Hall–Kier alpha value is -0.353. The Morgan fingerprint density at radius 2 is 1.24 bits per heavy atom. The summed E-state index contributed by atoms with van der Waals surface area (Å²) in [5.41, 5.74) is 0. The Morgan fingerprint density at radius 3 is 1.65 bits per heavy atom. The third kappa shape index (κ3) is 12.6. The minimum Gasteiger partial charge on any atom is -0.462 e. The number of esters is 1. The lowest BCUT2D eigenvalue weighted by atomic mass is 9.90. The monoisotopic (exact) mass is 496 g/mol. The molecule has 0 aliphatic carbocycles. The highest BCUT2D eigenvalue weighted by atomic mass is 28.4. The Balaban J connectivity index is 2.14. The van der Waals surface area contributed by atoms with E-state index < -0.39 is 8.32 Å². The van der Waals surface area contributed by atoms with Crippen molar-refractivity contribution in [3.05, 3.63) is 0 Å². The summed E-state index contributed by atoms with van der Waals surface area (Å²) in [5, 5.41) is 0.163. The smallest absolute Gasteiger partial charge is 0.311 e. The molecule has 3 nitrogen and oxygen atoms in total. The third-order valence-corrected chi connectivity index (χ3v) is 12.9. The highest BCUT2D eigenvalue weighted by Crippen LogP contribution is 2.40. The standard InChI is InChI=1S/C30H60O3Si/c1-8-10-11-12-13-14-15-16-17-18-19-20-21-22-23-24-26-25-28(27(9-2)29(31)32-26)33-34(6,7)30(3,4)5/h26-28H,8-25H2,1-7H3. The molecule has 0 amide bonds. The molecule has 1 aliphatic rings. The molecule has 0 bridgehead atoms. The van der Waals surface area contributed by atoms with Gasteiger partial charge in [0.05, 0.1) is 12.0 Å². The van der Waals surface area contributed by atoms with E-state index in [4.69, 9.17) is 9.16 Å². The molecule has 0 aromatic carbocycles. The number of carbonyl (C=O) groups excluding carboxylic acids is 1. The van der Waals surface area contributed by atoms with Crippen LogP contribution in [-0.2, 0) is 14.0 Å². The number of cyclic esters (lactones) is 1. The predicted octanol–water partition coefficient (Wildman–Crippen LogP) is 9.98. The second-order valence-electron chi connectivity index (χ2n) is 12.5. The zero-order chi connectivity index (χ0) is 25.5. The molecule has 1 heterocycles. The first-order valence-corrected chi connectivity index (χ1v) is 17.9. The van der Waals surface area contributed by atoms with Crippen molar-refractivity contribution < 1.29 is 14.0 Å². The molecule has 0 saturated carbocycles. The molecular formula is C30H60O3Si. The summed E-state index contributed by atoms with van der Waals surface area (Å²) in [6.07, 6.45) is 23.5. The van der Waals surface area contributed by atoms with Gasteiger partial charge in [0, 0.05) is 6.42 Å². The van der Waals surface area contributed by atoms with Gasteiger partial charge in [0.15, 0.2) is 8.32 Å². The van der Waals surface area contributed by atoms with Crippen LogP contribution >= 0.6 is 0 Å². The number of hydrogen-bond acceptors (Lipinski definition) is 3. The summed E-state index contributed by atoms with van der Waals surface area (Å²) in [5.74, 6) is -0.116. The van der Waals surface area contributed by atoms with Crippen molar-refractivity contribution in [3.63, 3.8) is 0 Å². The molecule has 1 fully saturated rings. The molecular weight excluding hydrogens is 436 g/mol. The van der Waals surface area contributed by atoms with Crippen molar-refractivity contribution in [2.45, 2.75) is 181 Å². The quantitative estimate of drug-likeness (QED) is 0.101. The average Bonchev–Trinajstić information content (AvgIpc) is 2.75. The Kier molecular flexibility index (Phi) is 16.0. The van der Waals surface area contributed by atoms with Crippen molar-refractivity contribution in [2.24, 2.45) is 5.92 Å². The van der Waals surface area contributed by atoms with Gasteiger partial charge in [0.1, 0.15) is 6.10 Å². The van der Waals surface area contributed by atoms with Crippen LogP contribution < -0.4 is 0 Å². The van der Waals surface area contributed by atoms with Gasteiger partial charge in [-0.15, -0.1) is 0 Å². The minimum absolute atomic E-state index is 0.0246. The fourth-order valence-electron chi connectivity index (χ4n) is 4.91. The molecule has 0 spiro atoms. The number of ether oxygens (including phenoxy) is 1. The topological polar surface area (TPSA) is 35.5 Å². The molecule has 1 saturated heterocycles. The van der Waals surface area contributed by atoms with Gasteiger partial charge in [-0.05, 0) is 37.4 Å². The predicted molar refractivity (Wildman–Crippen MR) is 150 cm³/mol. The maximum absolute atomic E-state index is 12.7. The fraction of sp³-hybridized carbons (Fsp3) is 0.967. The third-order valence-electron chi connectivity index (χ3n) is 8.35. The van der Waals surface area contributed by atoms with Crippen LogP contribution in [0.15, 0.2) is 0 Å². The van der Waals surface area contributed by atoms with Crippen molar-refractivity contribution in [1.82, 2.24) is 0 Å².